The zero-order valence-electron chi connectivity index (χ0n) is 11.8. The summed E-state index contributed by atoms with van der Waals surface area (Å²) in [5.41, 5.74) is 4.32. The molecule has 2 N–H and O–H groups in total. The van der Waals surface area contributed by atoms with Crippen LogP contribution in [0.1, 0.15) is 10.4 Å². The van der Waals surface area contributed by atoms with Crippen LogP contribution in [0.4, 0.5) is 10.7 Å². The van der Waals surface area contributed by atoms with Crippen molar-refractivity contribution < 1.29 is 19.4 Å². The van der Waals surface area contributed by atoms with Crippen molar-refractivity contribution in [1.82, 2.24) is 4.57 Å². The van der Waals surface area contributed by atoms with E-state index in [4.69, 9.17) is 5.73 Å². The molecule has 11 nitrogen and oxygen atoms in total. The second-order valence-corrected chi connectivity index (χ2v) is 5.38. The number of carbonyl (C=O) groups is 2. The zero-order chi connectivity index (χ0) is 17.9. The Balaban J connectivity index is 2.54. The fourth-order valence-electron chi connectivity index (χ4n) is 1.78. The van der Waals surface area contributed by atoms with Crippen LogP contribution in [0.5, 0.6) is 0 Å². The first kappa shape index (κ1) is 17.0. The van der Waals surface area contributed by atoms with Gasteiger partial charge in [-0.2, -0.15) is 4.99 Å². The van der Waals surface area contributed by atoms with E-state index in [1.165, 1.54) is 18.2 Å². The van der Waals surface area contributed by atoms with Crippen molar-refractivity contribution in [2.45, 2.75) is 6.54 Å². The van der Waals surface area contributed by atoms with Gasteiger partial charge in [-0.05, 0) is 17.4 Å². The average Bonchev–Trinajstić information content (AvgIpc) is 2.89. The summed E-state index contributed by atoms with van der Waals surface area (Å²) >= 11 is 0.546. The minimum Gasteiger partial charge on any atom is -0.368 e. The Morgan fingerprint density at radius 2 is 1.88 bits per heavy atom. The number of rotatable bonds is 5. The minimum atomic E-state index is -0.961. The van der Waals surface area contributed by atoms with Crippen LogP contribution < -0.4 is 10.5 Å². The molecule has 0 saturated heterocycles. The lowest BCUT2D eigenvalue weighted by atomic mass is 10.2. The summed E-state index contributed by atoms with van der Waals surface area (Å²) in [4.78, 5) is 47.0. The maximum atomic E-state index is 12.2. The summed E-state index contributed by atoms with van der Waals surface area (Å²) in [5, 5.41) is 21.4. The van der Waals surface area contributed by atoms with Gasteiger partial charge >= 0.3 is 5.00 Å². The molecule has 0 bridgehead atoms. The number of benzene rings is 1. The second kappa shape index (κ2) is 6.78. The predicted molar refractivity (Wildman–Crippen MR) is 81.1 cm³/mol. The number of amides is 2. The number of nitro benzene ring substituents is 1. The Morgan fingerprint density at radius 3 is 2.46 bits per heavy atom. The smallest absolute Gasteiger partial charge is 0.343 e. The third-order valence-electron chi connectivity index (χ3n) is 2.74. The number of nitrogens with zero attached hydrogens (tertiary/aromatic N) is 4. The number of para-hydroxylation sites is 1. The first-order valence-electron chi connectivity index (χ1n) is 6.25. The SMILES string of the molecule is NC(=O)Cn1cc([N+](=O)[O-])sc1=NC(=O)c1ccccc1[N+](=O)[O-]. The van der Waals surface area contributed by atoms with Crippen LogP contribution in [0.25, 0.3) is 0 Å². The molecule has 2 aromatic rings. The van der Waals surface area contributed by atoms with Crippen molar-refractivity contribution >= 4 is 33.8 Å². The van der Waals surface area contributed by atoms with Crippen LogP contribution in [0, 0.1) is 20.2 Å². The van der Waals surface area contributed by atoms with Gasteiger partial charge in [0.1, 0.15) is 12.1 Å². The van der Waals surface area contributed by atoms with Gasteiger partial charge in [-0.1, -0.05) is 12.1 Å². The van der Waals surface area contributed by atoms with E-state index in [0.717, 1.165) is 16.8 Å². The van der Waals surface area contributed by atoms with Crippen LogP contribution in [0.15, 0.2) is 35.5 Å². The molecule has 1 heterocycles. The van der Waals surface area contributed by atoms with E-state index in [9.17, 15) is 29.8 Å². The summed E-state index contributed by atoms with van der Waals surface area (Å²) in [6, 6.07) is 5.16. The number of thiazole rings is 1. The van der Waals surface area contributed by atoms with Gasteiger partial charge in [-0.3, -0.25) is 29.8 Å². The lowest BCUT2D eigenvalue weighted by Gasteiger charge is -1.99. The maximum absolute atomic E-state index is 12.2. The van der Waals surface area contributed by atoms with E-state index in [1.54, 1.807) is 0 Å². The van der Waals surface area contributed by atoms with Gasteiger partial charge in [0.2, 0.25) is 5.91 Å². The highest BCUT2D eigenvalue weighted by Crippen LogP contribution is 2.19. The van der Waals surface area contributed by atoms with Crippen LogP contribution in [-0.4, -0.2) is 26.2 Å². The first-order valence-corrected chi connectivity index (χ1v) is 7.06. The Morgan fingerprint density at radius 1 is 1.21 bits per heavy atom. The topological polar surface area (TPSA) is 164 Å². The second-order valence-electron chi connectivity index (χ2n) is 4.39. The zero-order valence-corrected chi connectivity index (χ0v) is 12.6. The lowest BCUT2D eigenvalue weighted by molar-refractivity contribution is -0.385. The quantitative estimate of drug-likeness (QED) is 0.611. The van der Waals surface area contributed by atoms with Gasteiger partial charge in [0.15, 0.2) is 4.80 Å². The highest BCUT2D eigenvalue weighted by Gasteiger charge is 2.20. The molecule has 0 aliphatic carbocycles. The molecule has 1 aromatic heterocycles. The van der Waals surface area contributed by atoms with Crippen molar-refractivity contribution in [2.24, 2.45) is 10.7 Å². The predicted octanol–water partition coefficient (Wildman–Crippen LogP) is 0.592. The number of nitrogens with two attached hydrogens (primary N) is 1. The van der Waals surface area contributed by atoms with E-state index in [-0.39, 0.29) is 15.4 Å². The third kappa shape index (κ3) is 3.67. The number of aromatic nitrogens is 1. The Labute approximate surface area is 137 Å². The van der Waals surface area contributed by atoms with E-state index in [2.05, 4.69) is 4.99 Å². The molecule has 24 heavy (non-hydrogen) atoms. The number of hydrogen-bond donors (Lipinski definition) is 1. The molecule has 2 rings (SSSR count). The number of hydrogen-bond acceptors (Lipinski definition) is 7. The molecule has 124 valence electrons. The van der Waals surface area contributed by atoms with Gasteiger partial charge in [0.25, 0.3) is 11.6 Å². The van der Waals surface area contributed by atoms with E-state index in [1.807, 2.05) is 0 Å². The minimum absolute atomic E-state index is 0.163. The van der Waals surface area contributed by atoms with Gasteiger partial charge in [-0.15, -0.1) is 0 Å². The molecule has 0 aliphatic heterocycles. The van der Waals surface area contributed by atoms with Crippen molar-refractivity contribution in [2.75, 3.05) is 0 Å². The maximum Gasteiger partial charge on any atom is 0.343 e. The number of nitro groups is 2. The standard InChI is InChI=1S/C12H9N5O6S/c13-9(18)5-15-6-10(17(22)23)24-12(15)14-11(19)7-3-1-2-4-8(7)16(20)21/h1-4,6H,5H2,(H2,13,18). The lowest BCUT2D eigenvalue weighted by Crippen LogP contribution is -2.25. The van der Waals surface area contributed by atoms with E-state index < -0.39 is 33.9 Å². The Bertz CT molecular complexity index is 915. The molecule has 0 fully saturated rings. The van der Waals surface area contributed by atoms with Crippen LogP contribution >= 0.6 is 11.3 Å². The third-order valence-corrected chi connectivity index (χ3v) is 3.71. The fraction of sp³-hybridized carbons (Fsp3) is 0.0833. The van der Waals surface area contributed by atoms with Gasteiger partial charge in [0, 0.05) is 6.07 Å². The fourth-order valence-corrected chi connectivity index (χ4v) is 2.59. The van der Waals surface area contributed by atoms with Crippen LogP contribution in [0.2, 0.25) is 0 Å². The first-order chi connectivity index (χ1) is 11.3. The van der Waals surface area contributed by atoms with Crippen molar-refractivity contribution in [3.05, 3.63) is 61.1 Å². The Hall–Kier alpha value is -3.41. The monoisotopic (exact) mass is 351 g/mol. The summed E-state index contributed by atoms with van der Waals surface area (Å²) < 4.78 is 1.04. The highest BCUT2D eigenvalue weighted by atomic mass is 32.1. The van der Waals surface area contributed by atoms with Crippen LogP contribution in [0.3, 0.4) is 0 Å². The summed E-state index contributed by atoms with van der Waals surface area (Å²) in [6.07, 6.45) is 1.01. The molecular formula is C12H9N5O6S. The normalized spacial score (nSPS) is 11.2. The molecule has 0 unspecified atom stereocenters. The van der Waals surface area contributed by atoms with Gasteiger partial charge < -0.3 is 10.3 Å². The molecule has 0 atom stereocenters. The molecule has 1 aromatic carbocycles. The summed E-state index contributed by atoms with van der Waals surface area (Å²) in [7, 11) is 0. The average molecular weight is 351 g/mol. The van der Waals surface area contributed by atoms with Gasteiger partial charge in [-0.25, -0.2) is 0 Å². The molecule has 12 heteroatoms. The Kier molecular flexibility index (Phi) is 4.79. The summed E-state index contributed by atoms with van der Waals surface area (Å²) in [6.45, 7) is -0.423. The molecule has 0 radical (unpaired) electrons. The summed E-state index contributed by atoms with van der Waals surface area (Å²) in [5.74, 6) is -1.75. The molecule has 2 amide bonds. The van der Waals surface area contributed by atoms with E-state index >= 15 is 0 Å². The highest BCUT2D eigenvalue weighted by molar-refractivity contribution is 7.12. The largest absolute Gasteiger partial charge is 0.368 e. The van der Waals surface area contributed by atoms with Crippen molar-refractivity contribution in [1.29, 1.82) is 0 Å². The van der Waals surface area contributed by atoms with Crippen molar-refractivity contribution in [3.8, 4) is 0 Å². The van der Waals surface area contributed by atoms with Crippen molar-refractivity contribution in [3.63, 3.8) is 0 Å². The number of carbonyl (C=O) groups excluding carboxylic acids is 2. The molecule has 0 aliphatic rings. The molecular weight excluding hydrogens is 342 g/mol. The van der Waals surface area contributed by atoms with Crippen LogP contribution in [-0.2, 0) is 11.3 Å². The molecule has 0 saturated carbocycles. The number of primary amides is 1. The van der Waals surface area contributed by atoms with E-state index in [0.29, 0.717) is 11.3 Å². The van der Waals surface area contributed by atoms with Gasteiger partial charge in [0.05, 0.1) is 16.0 Å². The molecule has 0 spiro atoms.